The molecule has 0 spiro atoms. The number of urea groups is 1. The van der Waals surface area contributed by atoms with Crippen LogP contribution in [0.2, 0.25) is 0 Å². The molecule has 0 saturated heterocycles. The molecule has 0 bridgehead atoms. The summed E-state index contributed by atoms with van der Waals surface area (Å²) < 4.78 is 10.7. The van der Waals surface area contributed by atoms with Gasteiger partial charge >= 0.3 is 6.03 Å². The maximum absolute atomic E-state index is 13.2. The van der Waals surface area contributed by atoms with E-state index in [-0.39, 0.29) is 11.9 Å². The first-order chi connectivity index (χ1) is 13.8. The number of aryl methyl sites for hydroxylation is 2. The van der Waals surface area contributed by atoms with Gasteiger partial charge < -0.3 is 25.4 Å². The van der Waals surface area contributed by atoms with E-state index in [0.29, 0.717) is 28.3 Å². The first kappa shape index (κ1) is 20.3. The number of methoxy groups -OCH3 is 2. The van der Waals surface area contributed by atoms with Gasteiger partial charge in [-0.2, -0.15) is 0 Å². The first-order valence-corrected chi connectivity index (χ1v) is 9.23. The topological polar surface area (TPSA) is 88.7 Å². The molecule has 0 aromatic heterocycles. The predicted octanol–water partition coefficient (Wildman–Crippen LogP) is 3.59. The summed E-state index contributed by atoms with van der Waals surface area (Å²) in [5.74, 6) is 0.834. The highest BCUT2D eigenvalue weighted by molar-refractivity contribution is 6.07. The molecule has 29 heavy (non-hydrogen) atoms. The van der Waals surface area contributed by atoms with Crippen molar-refractivity contribution in [1.29, 1.82) is 0 Å². The maximum Gasteiger partial charge on any atom is 0.319 e. The van der Waals surface area contributed by atoms with Crippen molar-refractivity contribution >= 4 is 17.6 Å². The quantitative estimate of drug-likeness (QED) is 0.722. The van der Waals surface area contributed by atoms with Crippen LogP contribution in [-0.4, -0.2) is 26.2 Å². The number of hydrogen-bond donors (Lipinski definition) is 3. The molecule has 0 radical (unpaired) electrons. The number of rotatable bonds is 5. The van der Waals surface area contributed by atoms with Crippen LogP contribution in [0.15, 0.2) is 47.7 Å². The Kier molecular flexibility index (Phi) is 5.77. The van der Waals surface area contributed by atoms with Crippen LogP contribution in [0.5, 0.6) is 11.5 Å². The summed E-state index contributed by atoms with van der Waals surface area (Å²) in [6.45, 7) is 5.61. The van der Waals surface area contributed by atoms with Gasteiger partial charge in [-0.3, -0.25) is 4.79 Å². The number of carbonyl (C=O) groups is 2. The number of amides is 3. The molecule has 1 heterocycles. The zero-order chi connectivity index (χ0) is 21.1. The Morgan fingerprint density at radius 3 is 2.48 bits per heavy atom. The summed E-state index contributed by atoms with van der Waals surface area (Å²) >= 11 is 0. The molecule has 7 nitrogen and oxygen atoms in total. The third kappa shape index (κ3) is 4.18. The number of nitrogens with one attached hydrogen (secondary N) is 3. The molecule has 7 heteroatoms. The molecule has 152 valence electrons. The maximum atomic E-state index is 13.2. The van der Waals surface area contributed by atoms with Crippen molar-refractivity contribution in [3.05, 3.63) is 64.4 Å². The van der Waals surface area contributed by atoms with Crippen molar-refractivity contribution in [3.8, 4) is 11.5 Å². The van der Waals surface area contributed by atoms with Gasteiger partial charge in [0.05, 0.1) is 25.8 Å². The van der Waals surface area contributed by atoms with Gasteiger partial charge in [0.2, 0.25) is 0 Å². The minimum Gasteiger partial charge on any atom is -0.497 e. The Morgan fingerprint density at radius 1 is 1.03 bits per heavy atom. The van der Waals surface area contributed by atoms with Crippen molar-refractivity contribution in [1.82, 2.24) is 10.6 Å². The van der Waals surface area contributed by atoms with Gasteiger partial charge in [-0.1, -0.05) is 12.1 Å². The summed E-state index contributed by atoms with van der Waals surface area (Å²) in [4.78, 5) is 25.4. The van der Waals surface area contributed by atoms with E-state index in [4.69, 9.17) is 9.47 Å². The van der Waals surface area contributed by atoms with Crippen molar-refractivity contribution in [2.45, 2.75) is 26.8 Å². The normalized spacial score (nSPS) is 16.0. The number of benzene rings is 2. The van der Waals surface area contributed by atoms with E-state index in [1.807, 2.05) is 32.0 Å². The number of allylic oxidation sites excluding steroid dienone is 1. The lowest BCUT2D eigenvalue weighted by atomic mass is 9.93. The second-order valence-electron chi connectivity index (χ2n) is 6.95. The monoisotopic (exact) mass is 395 g/mol. The lowest BCUT2D eigenvalue weighted by Gasteiger charge is -2.29. The molecule has 0 unspecified atom stereocenters. The van der Waals surface area contributed by atoms with Gasteiger partial charge in [0.1, 0.15) is 11.5 Å². The van der Waals surface area contributed by atoms with Crippen molar-refractivity contribution in [3.63, 3.8) is 0 Å². The summed E-state index contributed by atoms with van der Waals surface area (Å²) in [6, 6.07) is 10.1. The van der Waals surface area contributed by atoms with E-state index in [0.717, 1.165) is 16.8 Å². The van der Waals surface area contributed by atoms with E-state index in [2.05, 4.69) is 16.0 Å². The molecule has 1 aliphatic rings. The Bertz CT molecular complexity index is 998. The van der Waals surface area contributed by atoms with Crippen LogP contribution < -0.4 is 25.4 Å². The van der Waals surface area contributed by atoms with E-state index in [9.17, 15) is 9.59 Å². The van der Waals surface area contributed by atoms with Crippen LogP contribution in [0.1, 0.15) is 29.7 Å². The van der Waals surface area contributed by atoms with Crippen LogP contribution in [-0.2, 0) is 4.79 Å². The largest absolute Gasteiger partial charge is 0.497 e. The number of hydrogen-bond acceptors (Lipinski definition) is 4. The molecule has 2 aromatic rings. The average Bonchev–Trinajstić information content (AvgIpc) is 2.69. The van der Waals surface area contributed by atoms with Gasteiger partial charge in [-0.15, -0.1) is 0 Å². The Morgan fingerprint density at radius 2 is 1.79 bits per heavy atom. The summed E-state index contributed by atoms with van der Waals surface area (Å²) in [5.41, 5.74) is 4.28. The summed E-state index contributed by atoms with van der Waals surface area (Å²) in [7, 11) is 3.10. The molecule has 1 atom stereocenters. The third-order valence-corrected chi connectivity index (χ3v) is 4.91. The standard InChI is InChI=1S/C22H25N3O4/c1-12-6-7-13(2)17(10-12)24-21(26)19-14(3)23-22(27)25-20(19)16-9-8-15(28-4)11-18(16)29-5/h6-11,20H,1-5H3,(H,24,26)(H2,23,25,27)/t20-/m1/s1. The Labute approximate surface area is 170 Å². The molecule has 0 saturated carbocycles. The number of anilines is 1. The highest BCUT2D eigenvalue weighted by atomic mass is 16.5. The van der Waals surface area contributed by atoms with Gasteiger partial charge in [0.25, 0.3) is 5.91 Å². The minimum atomic E-state index is -0.672. The summed E-state index contributed by atoms with van der Waals surface area (Å²) in [6.07, 6.45) is 0. The molecule has 3 amide bonds. The molecule has 3 rings (SSSR count). The molecule has 3 N–H and O–H groups in total. The van der Waals surface area contributed by atoms with Crippen LogP contribution in [0.25, 0.3) is 0 Å². The van der Waals surface area contributed by atoms with Crippen LogP contribution >= 0.6 is 0 Å². The summed E-state index contributed by atoms with van der Waals surface area (Å²) in [5, 5.41) is 8.49. The van der Waals surface area contributed by atoms with Crippen molar-refractivity contribution in [2.24, 2.45) is 0 Å². The highest BCUT2D eigenvalue weighted by Crippen LogP contribution is 2.35. The van der Waals surface area contributed by atoms with Gasteiger partial charge in [0, 0.05) is 23.0 Å². The second-order valence-corrected chi connectivity index (χ2v) is 6.95. The van der Waals surface area contributed by atoms with E-state index in [1.54, 1.807) is 32.2 Å². The zero-order valence-electron chi connectivity index (χ0n) is 17.2. The SMILES string of the molecule is COc1ccc([C@H]2NC(=O)NC(C)=C2C(=O)Nc2cc(C)ccc2C)c(OC)c1. The number of ether oxygens (including phenoxy) is 2. The number of carbonyl (C=O) groups excluding carboxylic acids is 2. The Balaban J connectivity index is 2.02. The first-order valence-electron chi connectivity index (χ1n) is 9.23. The highest BCUT2D eigenvalue weighted by Gasteiger charge is 2.33. The van der Waals surface area contributed by atoms with E-state index < -0.39 is 6.04 Å². The van der Waals surface area contributed by atoms with E-state index in [1.165, 1.54) is 7.11 Å². The fourth-order valence-corrected chi connectivity index (χ4v) is 3.35. The van der Waals surface area contributed by atoms with Gasteiger partial charge in [-0.25, -0.2) is 4.79 Å². The lowest BCUT2D eigenvalue weighted by Crippen LogP contribution is -2.46. The van der Waals surface area contributed by atoms with Gasteiger partial charge in [-0.05, 0) is 50.1 Å². The van der Waals surface area contributed by atoms with E-state index >= 15 is 0 Å². The van der Waals surface area contributed by atoms with Crippen molar-refractivity contribution < 1.29 is 19.1 Å². The second kappa shape index (κ2) is 8.26. The van der Waals surface area contributed by atoms with Crippen LogP contribution in [0, 0.1) is 13.8 Å². The fourth-order valence-electron chi connectivity index (χ4n) is 3.35. The predicted molar refractivity (Wildman–Crippen MR) is 111 cm³/mol. The zero-order valence-corrected chi connectivity index (χ0v) is 17.2. The van der Waals surface area contributed by atoms with Crippen LogP contribution in [0.3, 0.4) is 0 Å². The molecule has 2 aromatic carbocycles. The molecular weight excluding hydrogens is 370 g/mol. The smallest absolute Gasteiger partial charge is 0.319 e. The fraction of sp³-hybridized carbons (Fsp3) is 0.273. The molecule has 0 fully saturated rings. The van der Waals surface area contributed by atoms with Crippen molar-refractivity contribution in [2.75, 3.05) is 19.5 Å². The molecule has 0 aliphatic carbocycles. The van der Waals surface area contributed by atoms with Gasteiger partial charge in [0.15, 0.2) is 0 Å². The van der Waals surface area contributed by atoms with Crippen LogP contribution in [0.4, 0.5) is 10.5 Å². The molecular formula is C22H25N3O4. The lowest BCUT2D eigenvalue weighted by molar-refractivity contribution is -0.113. The Hall–Kier alpha value is -3.48. The minimum absolute atomic E-state index is 0.299. The average molecular weight is 395 g/mol. The third-order valence-electron chi connectivity index (χ3n) is 4.91. The molecule has 1 aliphatic heterocycles.